The first-order chi connectivity index (χ1) is 10.5. The predicted molar refractivity (Wildman–Crippen MR) is 113 cm³/mol. The lowest BCUT2D eigenvalue weighted by atomic mass is 10.5. The summed E-state index contributed by atoms with van der Waals surface area (Å²) in [5, 5.41) is 8.77. The van der Waals surface area contributed by atoms with E-state index in [1.165, 1.54) is 0 Å². The van der Waals surface area contributed by atoms with Gasteiger partial charge in [-0.25, -0.2) is 0 Å². The van der Waals surface area contributed by atoms with E-state index in [0.717, 1.165) is 11.8 Å². The van der Waals surface area contributed by atoms with Crippen LogP contribution in [0.2, 0.25) is 65.0 Å². The Bertz CT molecular complexity index is 361. The van der Waals surface area contributed by atoms with E-state index >= 15 is 0 Å². The van der Waals surface area contributed by atoms with Crippen LogP contribution in [0.4, 0.5) is 0 Å². The molecule has 0 heterocycles. The molecule has 0 saturated heterocycles. The minimum Gasteiger partial charge on any atom is -0.481 e. The molecule has 0 fully saturated rings. The van der Waals surface area contributed by atoms with Crippen molar-refractivity contribution in [1.82, 2.24) is 0 Å². The molecule has 24 heavy (non-hydrogen) atoms. The molecule has 0 unspecified atom stereocenters. The van der Waals surface area contributed by atoms with Crippen LogP contribution >= 0.6 is 11.8 Å². The summed E-state index contributed by atoms with van der Waals surface area (Å²) in [5.41, 5.74) is 0. The van der Waals surface area contributed by atoms with Crippen LogP contribution in [-0.2, 0) is 17.1 Å². The zero-order chi connectivity index (χ0) is 19.2. The number of rotatable bonds is 12. The number of hydrogen-bond acceptors (Lipinski definition) is 5. The molecular formula is C14H36O5SSi4. The van der Waals surface area contributed by atoms with Gasteiger partial charge < -0.3 is 17.5 Å². The van der Waals surface area contributed by atoms with Crippen molar-refractivity contribution in [3.8, 4) is 0 Å². The number of hydrogen-bond donors (Lipinski definition) is 1. The minimum atomic E-state index is -2.76. The lowest BCUT2D eigenvalue weighted by Crippen LogP contribution is -2.60. The van der Waals surface area contributed by atoms with Crippen LogP contribution in [0.3, 0.4) is 0 Å². The van der Waals surface area contributed by atoms with Crippen LogP contribution in [0.5, 0.6) is 0 Å². The van der Waals surface area contributed by atoms with Crippen LogP contribution in [0.25, 0.3) is 0 Å². The lowest BCUT2D eigenvalue weighted by molar-refractivity contribution is -0.136. The van der Waals surface area contributed by atoms with Crippen LogP contribution in [-0.4, -0.2) is 56.3 Å². The summed E-state index contributed by atoms with van der Waals surface area (Å²) in [7, 11) is -8.24. The van der Waals surface area contributed by atoms with Gasteiger partial charge in [0.05, 0.1) is 6.42 Å². The Hall–Kier alpha value is 0.568. The largest absolute Gasteiger partial charge is 0.481 e. The third-order valence-corrected chi connectivity index (χ3v) is 15.7. The number of thioether (sulfide) groups is 1. The molecule has 1 N–H and O–H groups in total. The Morgan fingerprint density at radius 1 is 0.792 bits per heavy atom. The van der Waals surface area contributed by atoms with Crippen LogP contribution in [0.15, 0.2) is 0 Å². The van der Waals surface area contributed by atoms with Gasteiger partial charge in [-0.15, -0.1) is 0 Å². The molecule has 5 nitrogen and oxygen atoms in total. The number of carboxylic acid groups (broad SMARTS) is 1. The van der Waals surface area contributed by atoms with E-state index in [2.05, 4.69) is 58.9 Å². The van der Waals surface area contributed by atoms with Crippen molar-refractivity contribution in [2.45, 2.75) is 71.4 Å². The third kappa shape index (κ3) is 13.8. The maximum absolute atomic E-state index is 10.7. The van der Waals surface area contributed by atoms with Gasteiger partial charge in [0.25, 0.3) is 0 Å². The van der Waals surface area contributed by atoms with Crippen LogP contribution in [0.1, 0.15) is 6.42 Å². The Morgan fingerprint density at radius 3 is 1.46 bits per heavy atom. The first kappa shape index (κ1) is 24.6. The summed E-state index contributed by atoms with van der Waals surface area (Å²) >= 11 is 1.65. The monoisotopic (exact) mass is 428 g/mol. The van der Waals surface area contributed by atoms with E-state index in [4.69, 9.17) is 17.5 Å². The molecule has 0 bridgehead atoms. The minimum absolute atomic E-state index is 0.192. The average molecular weight is 429 g/mol. The van der Waals surface area contributed by atoms with E-state index in [1.807, 2.05) is 0 Å². The number of aliphatic carboxylic acids is 1. The first-order valence-corrected chi connectivity index (χ1v) is 21.7. The molecule has 0 amide bonds. The average Bonchev–Trinajstić information content (AvgIpc) is 2.19. The lowest BCUT2D eigenvalue weighted by Gasteiger charge is -2.42. The second-order valence-corrected chi connectivity index (χ2v) is 27.0. The fourth-order valence-corrected chi connectivity index (χ4v) is 18.2. The van der Waals surface area contributed by atoms with E-state index in [9.17, 15) is 4.79 Å². The molecule has 0 aliphatic heterocycles. The van der Waals surface area contributed by atoms with Gasteiger partial charge in [0, 0.05) is 11.8 Å². The highest BCUT2D eigenvalue weighted by molar-refractivity contribution is 7.99. The van der Waals surface area contributed by atoms with Crippen molar-refractivity contribution in [2.75, 3.05) is 11.5 Å². The molecule has 0 aromatic carbocycles. The molecule has 10 heteroatoms. The Labute approximate surface area is 156 Å². The molecule has 0 spiro atoms. The Morgan fingerprint density at radius 2 is 1.17 bits per heavy atom. The smallest absolute Gasteiger partial charge is 0.470 e. The zero-order valence-electron chi connectivity index (χ0n) is 16.8. The van der Waals surface area contributed by atoms with E-state index in [0.29, 0.717) is 5.75 Å². The summed E-state index contributed by atoms with van der Waals surface area (Å²) in [4.78, 5) is 10.7. The number of carboxylic acids is 1. The van der Waals surface area contributed by atoms with E-state index in [1.54, 1.807) is 11.8 Å². The molecule has 0 atom stereocenters. The molecule has 0 aromatic heterocycles. The summed E-state index contributed by atoms with van der Waals surface area (Å²) in [6, 6.07) is 0.760. The van der Waals surface area contributed by atoms with Crippen molar-refractivity contribution < 1.29 is 22.2 Å². The summed E-state index contributed by atoms with van der Waals surface area (Å²) < 4.78 is 19.7. The quantitative estimate of drug-likeness (QED) is 0.359. The molecule has 0 aliphatic rings. The molecule has 0 rings (SSSR count). The fraction of sp³-hybridized carbons (Fsp3) is 0.929. The topological polar surface area (TPSA) is 65.0 Å². The van der Waals surface area contributed by atoms with Crippen LogP contribution in [0, 0.1) is 0 Å². The van der Waals surface area contributed by atoms with Crippen molar-refractivity contribution in [3.63, 3.8) is 0 Å². The van der Waals surface area contributed by atoms with Gasteiger partial charge in [0.15, 0.2) is 25.0 Å². The van der Waals surface area contributed by atoms with Crippen LogP contribution < -0.4 is 0 Å². The SMILES string of the molecule is C[Si](C)(C)O[Si](CCSCCC(=O)O)(O[Si](C)(C)C)O[Si](C)(C)C. The molecule has 0 saturated carbocycles. The predicted octanol–water partition coefficient (Wildman–Crippen LogP) is 4.69. The summed E-state index contributed by atoms with van der Waals surface area (Å²) in [6.45, 7) is 19.6. The van der Waals surface area contributed by atoms with Crippen molar-refractivity contribution in [3.05, 3.63) is 0 Å². The van der Waals surface area contributed by atoms with Gasteiger partial charge in [-0.1, -0.05) is 0 Å². The fourth-order valence-electron chi connectivity index (χ4n) is 2.07. The highest BCUT2D eigenvalue weighted by Gasteiger charge is 2.49. The second kappa shape index (κ2) is 9.49. The third-order valence-electron chi connectivity index (χ3n) is 2.40. The Balaban J connectivity index is 5.20. The molecule has 0 aromatic rings. The van der Waals surface area contributed by atoms with Gasteiger partial charge in [-0.05, 0) is 64.7 Å². The molecular weight excluding hydrogens is 393 g/mol. The van der Waals surface area contributed by atoms with Gasteiger partial charge >= 0.3 is 14.8 Å². The highest BCUT2D eigenvalue weighted by atomic mass is 32.2. The molecule has 0 radical (unpaired) electrons. The van der Waals surface area contributed by atoms with Crippen molar-refractivity contribution >= 4 is 51.5 Å². The van der Waals surface area contributed by atoms with E-state index < -0.39 is 39.7 Å². The zero-order valence-corrected chi connectivity index (χ0v) is 21.6. The van der Waals surface area contributed by atoms with Crippen molar-refractivity contribution in [1.29, 1.82) is 0 Å². The van der Waals surface area contributed by atoms with Gasteiger partial charge in [-0.3, -0.25) is 4.79 Å². The van der Waals surface area contributed by atoms with Gasteiger partial charge in [-0.2, -0.15) is 11.8 Å². The normalized spacial score (nSPS) is 14.0. The van der Waals surface area contributed by atoms with Gasteiger partial charge in [0.2, 0.25) is 0 Å². The summed E-state index contributed by atoms with van der Waals surface area (Å²) in [6.07, 6.45) is 0.192. The maximum atomic E-state index is 10.7. The summed E-state index contributed by atoms with van der Waals surface area (Å²) in [5.74, 6) is 0.687. The molecule has 0 aliphatic carbocycles. The highest BCUT2D eigenvalue weighted by Crippen LogP contribution is 2.30. The maximum Gasteiger partial charge on any atom is 0.470 e. The standard InChI is InChI=1S/C14H36O5SSi4/c1-21(2,3)17-24(18-22(4,5)6,19-23(7,8)9)13-12-20-11-10-14(15)16/h10-13H2,1-9H3,(H,15,16). The van der Waals surface area contributed by atoms with Crippen molar-refractivity contribution in [2.24, 2.45) is 0 Å². The van der Waals surface area contributed by atoms with Gasteiger partial charge in [0.1, 0.15) is 0 Å². The Kier molecular flexibility index (Phi) is 9.71. The first-order valence-electron chi connectivity index (χ1n) is 8.44. The van der Waals surface area contributed by atoms with E-state index in [-0.39, 0.29) is 6.42 Å². The molecule has 144 valence electrons. The second-order valence-electron chi connectivity index (χ2n) is 8.83. The number of carbonyl (C=O) groups is 1.